The highest BCUT2D eigenvalue weighted by molar-refractivity contribution is 6.31. The summed E-state index contributed by atoms with van der Waals surface area (Å²) >= 11 is 0. The van der Waals surface area contributed by atoms with Gasteiger partial charge in [-0.1, -0.05) is 91.5 Å². The molecule has 3 aromatic carbocycles. The van der Waals surface area contributed by atoms with E-state index in [4.69, 9.17) is 0 Å². The predicted octanol–water partition coefficient (Wildman–Crippen LogP) is 5.92. The highest BCUT2D eigenvalue weighted by atomic mass is 19.1. The lowest BCUT2D eigenvalue weighted by Gasteiger charge is -2.49. The summed E-state index contributed by atoms with van der Waals surface area (Å²) in [6, 6.07) is 22.6. The van der Waals surface area contributed by atoms with Gasteiger partial charge in [-0.15, -0.1) is 0 Å². The molecule has 0 radical (unpaired) electrons. The number of aromatic hydroxyl groups is 1. The molecular formula is C30H23FO3. The van der Waals surface area contributed by atoms with Gasteiger partial charge in [-0.25, -0.2) is 4.39 Å². The Morgan fingerprint density at radius 2 is 1.62 bits per heavy atom. The molecule has 34 heavy (non-hydrogen) atoms. The van der Waals surface area contributed by atoms with Gasteiger partial charge in [0.1, 0.15) is 0 Å². The van der Waals surface area contributed by atoms with Crippen molar-refractivity contribution >= 4 is 17.1 Å². The quantitative estimate of drug-likeness (QED) is 0.537. The van der Waals surface area contributed by atoms with E-state index in [0.29, 0.717) is 28.7 Å². The molecule has 3 unspecified atom stereocenters. The molecule has 2 aliphatic rings. The van der Waals surface area contributed by atoms with E-state index in [9.17, 15) is 19.1 Å². The fourth-order valence-electron chi connectivity index (χ4n) is 5.62. The number of fused-ring (bicyclic) bond motifs is 1. The molecule has 4 heteroatoms. The third-order valence-electron chi connectivity index (χ3n) is 7.09. The van der Waals surface area contributed by atoms with Crippen molar-refractivity contribution in [3.63, 3.8) is 0 Å². The van der Waals surface area contributed by atoms with E-state index in [2.05, 4.69) is 6.58 Å². The van der Waals surface area contributed by atoms with E-state index in [1.807, 2.05) is 66.7 Å². The summed E-state index contributed by atoms with van der Waals surface area (Å²) in [5.41, 5.74) is 1.31. The van der Waals surface area contributed by atoms with Gasteiger partial charge in [0, 0.05) is 23.0 Å². The van der Waals surface area contributed by atoms with Crippen LogP contribution >= 0.6 is 0 Å². The van der Waals surface area contributed by atoms with Crippen LogP contribution in [0.2, 0.25) is 0 Å². The number of carbonyl (C=O) groups excluding carboxylic acids is 2. The van der Waals surface area contributed by atoms with E-state index in [1.54, 1.807) is 12.1 Å². The molecule has 0 spiro atoms. The number of phenols is 1. The van der Waals surface area contributed by atoms with Crippen LogP contribution in [0, 0.1) is 11.7 Å². The fraction of sp³-hybridized carbons (Fsp3) is 0.133. The van der Waals surface area contributed by atoms with Crippen LogP contribution in [-0.2, 0) is 15.0 Å². The summed E-state index contributed by atoms with van der Waals surface area (Å²) in [7, 11) is 0. The Kier molecular flexibility index (Phi) is 5.37. The van der Waals surface area contributed by atoms with Crippen LogP contribution in [0.4, 0.5) is 4.39 Å². The average molecular weight is 451 g/mol. The van der Waals surface area contributed by atoms with Crippen molar-refractivity contribution in [3.05, 3.63) is 132 Å². The van der Waals surface area contributed by atoms with Crippen molar-refractivity contribution in [3.8, 4) is 5.75 Å². The van der Waals surface area contributed by atoms with Crippen molar-refractivity contribution in [2.45, 2.75) is 17.8 Å². The van der Waals surface area contributed by atoms with Crippen LogP contribution in [0.25, 0.3) is 5.57 Å². The first-order valence-corrected chi connectivity index (χ1v) is 11.2. The molecule has 0 aliphatic heterocycles. The van der Waals surface area contributed by atoms with Gasteiger partial charge in [0.2, 0.25) is 0 Å². The number of ketones is 2. The number of allylic oxidation sites excluding steroid dienone is 5. The molecule has 0 heterocycles. The second kappa shape index (κ2) is 8.38. The van der Waals surface area contributed by atoms with Crippen molar-refractivity contribution < 1.29 is 19.1 Å². The van der Waals surface area contributed by atoms with E-state index in [1.165, 1.54) is 18.2 Å². The molecule has 0 bridgehead atoms. The summed E-state index contributed by atoms with van der Waals surface area (Å²) < 4.78 is 14.5. The van der Waals surface area contributed by atoms with Gasteiger partial charge in [-0.2, -0.15) is 0 Å². The molecule has 0 amide bonds. The molecule has 168 valence electrons. The molecule has 2 aliphatic carbocycles. The van der Waals surface area contributed by atoms with Crippen molar-refractivity contribution in [2.75, 3.05) is 0 Å². The minimum absolute atomic E-state index is 0.144. The zero-order chi connectivity index (χ0) is 23.9. The first-order chi connectivity index (χ1) is 16.5. The first kappa shape index (κ1) is 21.8. The zero-order valence-electron chi connectivity index (χ0n) is 18.4. The standard InChI is InChI=1S/C30H23FO3/c1-2-19-16-17-24-28(33)23(20-10-5-3-6-11-20)18-26(32)30(24,21-12-7-4-8-13-21)27(19)22-14-9-15-25(31)29(22)34/h2-16,18,24,27,34H,1,17H2. The number of carbonyl (C=O) groups is 2. The monoisotopic (exact) mass is 450 g/mol. The molecule has 3 nitrogen and oxygen atoms in total. The lowest BCUT2D eigenvalue weighted by molar-refractivity contribution is -0.131. The van der Waals surface area contributed by atoms with Gasteiger partial charge >= 0.3 is 0 Å². The van der Waals surface area contributed by atoms with Gasteiger partial charge in [0.15, 0.2) is 23.1 Å². The molecular weight excluding hydrogens is 427 g/mol. The maximum atomic E-state index is 14.5. The number of phenolic OH excluding ortho intramolecular Hbond substituents is 1. The van der Waals surface area contributed by atoms with Crippen LogP contribution in [0.3, 0.4) is 0 Å². The minimum atomic E-state index is -1.35. The first-order valence-electron chi connectivity index (χ1n) is 11.2. The number of Topliss-reactive ketones (excluding diaryl/α,β-unsaturated/α-hetero) is 1. The second-order valence-corrected chi connectivity index (χ2v) is 8.69. The Hall–Kier alpha value is -4.05. The van der Waals surface area contributed by atoms with Crippen LogP contribution < -0.4 is 0 Å². The Labute approximate surface area is 197 Å². The average Bonchev–Trinajstić information content (AvgIpc) is 2.88. The molecule has 0 saturated heterocycles. The smallest absolute Gasteiger partial charge is 0.168 e. The van der Waals surface area contributed by atoms with Crippen LogP contribution in [0.5, 0.6) is 5.75 Å². The summed E-state index contributed by atoms with van der Waals surface area (Å²) in [6.07, 6.45) is 5.27. The summed E-state index contributed by atoms with van der Waals surface area (Å²) in [5.74, 6) is -3.19. The Morgan fingerprint density at radius 3 is 2.29 bits per heavy atom. The van der Waals surface area contributed by atoms with E-state index < -0.39 is 28.8 Å². The molecule has 0 saturated carbocycles. The third-order valence-corrected chi connectivity index (χ3v) is 7.09. The number of hydrogen-bond donors (Lipinski definition) is 1. The van der Waals surface area contributed by atoms with E-state index in [-0.39, 0.29) is 17.1 Å². The zero-order valence-corrected chi connectivity index (χ0v) is 18.4. The predicted molar refractivity (Wildman–Crippen MR) is 130 cm³/mol. The second-order valence-electron chi connectivity index (χ2n) is 8.69. The molecule has 3 atom stereocenters. The highest BCUT2D eigenvalue weighted by Gasteiger charge is 2.59. The highest BCUT2D eigenvalue weighted by Crippen LogP contribution is 2.58. The van der Waals surface area contributed by atoms with Crippen LogP contribution in [-0.4, -0.2) is 16.7 Å². The molecule has 1 N–H and O–H groups in total. The van der Waals surface area contributed by atoms with E-state index in [0.717, 1.165) is 0 Å². The number of para-hydroxylation sites is 1. The van der Waals surface area contributed by atoms with Crippen molar-refractivity contribution in [1.29, 1.82) is 0 Å². The lowest BCUT2D eigenvalue weighted by atomic mass is 9.50. The van der Waals surface area contributed by atoms with Gasteiger partial charge in [-0.05, 0) is 35.3 Å². The van der Waals surface area contributed by atoms with Crippen LogP contribution in [0.1, 0.15) is 29.0 Å². The Bertz CT molecular complexity index is 1350. The molecule has 5 rings (SSSR count). The molecule has 0 aromatic heterocycles. The summed E-state index contributed by atoms with van der Waals surface area (Å²) in [5, 5.41) is 10.7. The maximum Gasteiger partial charge on any atom is 0.168 e. The van der Waals surface area contributed by atoms with Gasteiger partial charge in [0.25, 0.3) is 0 Å². The van der Waals surface area contributed by atoms with Gasteiger partial charge < -0.3 is 5.11 Å². The number of rotatable bonds is 4. The largest absolute Gasteiger partial charge is 0.505 e. The normalized spacial score (nSPS) is 24.1. The minimum Gasteiger partial charge on any atom is -0.505 e. The maximum absolute atomic E-state index is 14.5. The summed E-state index contributed by atoms with van der Waals surface area (Å²) in [6.45, 7) is 3.93. The fourth-order valence-corrected chi connectivity index (χ4v) is 5.62. The Morgan fingerprint density at radius 1 is 0.941 bits per heavy atom. The number of hydrogen-bond acceptors (Lipinski definition) is 3. The topological polar surface area (TPSA) is 54.4 Å². The van der Waals surface area contributed by atoms with Gasteiger partial charge in [0.05, 0.1) is 5.41 Å². The van der Waals surface area contributed by atoms with Gasteiger partial charge in [-0.3, -0.25) is 9.59 Å². The van der Waals surface area contributed by atoms with Crippen molar-refractivity contribution in [2.24, 2.45) is 5.92 Å². The third kappa shape index (κ3) is 3.10. The van der Waals surface area contributed by atoms with Crippen LogP contribution in [0.15, 0.2) is 109 Å². The summed E-state index contributed by atoms with van der Waals surface area (Å²) in [4.78, 5) is 28.3. The molecule has 3 aromatic rings. The lowest BCUT2D eigenvalue weighted by Crippen LogP contribution is -2.54. The Balaban J connectivity index is 1.84. The van der Waals surface area contributed by atoms with Crippen molar-refractivity contribution in [1.82, 2.24) is 0 Å². The number of benzene rings is 3. The number of halogens is 1. The molecule has 0 fully saturated rings. The van der Waals surface area contributed by atoms with E-state index >= 15 is 0 Å². The SMILES string of the molecule is C=CC1=CCC2C(=O)C(c3ccccc3)=CC(=O)C2(c2ccccc2)C1c1cccc(F)c1O.